The number of nitrogens with one attached hydrogen (secondary N) is 1. The highest BCUT2D eigenvalue weighted by Crippen LogP contribution is 2.31. The lowest BCUT2D eigenvalue weighted by atomic mass is 10.0. The summed E-state index contributed by atoms with van der Waals surface area (Å²) in [4.78, 5) is 4.03. The van der Waals surface area contributed by atoms with Crippen molar-refractivity contribution in [3.8, 4) is 6.07 Å². The standard InChI is InChI=1S/C15H12F3N3/c1-10(21-14-6-5-11(8-19)9-20-14)12-3-2-4-13(7-12)15(16,17)18/h2-7,9-10H,1H3,(H,20,21)/t10-/m1/s1. The molecule has 0 spiro atoms. The summed E-state index contributed by atoms with van der Waals surface area (Å²) in [5.74, 6) is 0.499. The second-order valence-corrected chi connectivity index (χ2v) is 4.53. The van der Waals surface area contributed by atoms with E-state index in [1.165, 1.54) is 12.3 Å². The molecule has 2 aromatic rings. The number of anilines is 1. The molecule has 0 fully saturated rings. The molecule has 3 nitrogen and oxygen atoms in total. The quantitative estimate of drug-likeness (QED) is 0.924. The lowest BCUT2D eigenvalue weighted by Crippen LogP contribution is -2.10. The van der Waals surface area contributed by atoms with Crippen molar-refractivity contribution in [2.24, 2.45) is 0 Å². The molecule has 0 saturated carbocycles. The Kier molecular flexibility index (Phi) is 4.13. The van der Waals surface area contributed by atoms with Gasteiger partial charge in [-0.25, -0.2) is 4.98 Å². The molecule has 0 aliphatic heterocycles. The maximum atomic E-state index is 12.7. The Morgan fingerprint density at radius 2 is 2.00 bits per heavy atom. The van der Waals surface area contributed by atoms with E-state index in [-0.39, 0.29) is 6.04 Å². The van der Waals surface area contributed by atoms with Crippen LogP contribution in [0.1, 0.15) is 29.7 Å². The molecule has 0 bridgehead atoms. The third-order valence-electron chi connectivity index (χ3n) is 2.97. The summed E-state index contributed by atoms with van der Waals surface area (Å²) in [6.45, 7) is 1.75. The first-order valence-electron chi connectivity index (χ1n) is 6.20. The number of nitriles is 1. The Morgan fingerprint density at radius 3 is 2.57 bits per heavy atom. The summed E-state index contributed by atoms with van der Waals surface area (Å²) < 4.78 is 38.0. The molecule has 6 heteroatoms. The number of nitrogens with zero attached hydrogens (tertiary/aromatic N) is 2. The van der Waals surface area contributed by atoms with Crippen LogP contribution >= 0.6 is 0 Å². The zero-order valence-corrected chi connectivity index (χ0v) is 11.1. The normalized spacial score (nSPS) is 12.5. The highest BCUT2D eigenvalue weighted by atomic mass is 19.4. The van der Waals surface area contributed by atoms with Crippen molar-refractivity contribution in [1.82, 2.24) is 4.98 Å². The molecule has 1 atom stereocenters. The van der Waals surface area contributed by atoms with Crippen LogP contribution in [0.3, 0.4) is 0 Å². The number of pyridine rings is 1. The molecule has 1 heterocycles. The Hall–Kier alpha value is -2.55. The Morgan fingerprint density at radius 1 is 1.24 bits per heavy atom. The maximum absolute atomic E-state index is 12.7. The Bertz CT molecular complexity index is 657. The van der Waals surface area contributed by atoms with Gasteiger partial charge in [-0.1, -0.05) is 12.1 Å². The van der Waals surface area contributed by atoms with Gasteiger partial charge in [-0.3, -0.25) is 0 Å². The van der Waals surface area contributed by atoms with Crippen LogP contribution in [0.5, 0.6) is 0 Å². The van der Waals surface area contributed by atoms with E-state index in [4.69, 9.17) is 5.26 Å². The average Bonchev–Trinajstić information content (AvgIpc) is 2.47. The van der Waals surface area contributed by atoms with Gasteiger partial charge in [0.25, 0.3) is 0 Å². The van der Waals surface area contributed by atoms with Crippen molar-refractivity contribution in [2.75, 3.05) is 5.32 Å². The molecule has 0 amide bonds. The molecule has 2 rings (SSSR count). The van der Waals surface area contributed by atoms with Crippen molar-refractivity contribution in [3.63, 3.8) is 0 Å². The maximum Gasteiger partial charge on any atom is 0.416 e. The van der Waals surface area contributed by atoms with E-state index in [0.29, 0.717) is 16.9 Å². The summed E-state index contributed by atoms with van der Waals surface area (Å²) in [7, 11) is 0. The van der Waals surface area contributed by atoms with Gasteiger partial charge in [0.2, 0.25) is 0 Å². The second-order valence-electron chi connectivity index (χ2n) is 4.53. The van der Waals surface area contributed by atoms with Crippen LogP contribution in [-0.4, -0.2) is 4.98 Å². The van der Waals surface area contributed by atoms with Gasteiger partial charge in [0, 0.05) is 12.2 Å². The second kappa shape index (κ2) is 5.83. The molecule has 21 heavy (non-hydrogen) atoms. The average molecular weight is 291 g/mol. The minimum absolute atomic E-state index is 0.340. The number of hydrogen-bond acceptors (Lipinski definition) is 3. The summed E-state index contributed by atoms with van der Waals surface area (Å²) in [6.07, 6.45) is -2.95. The lowest BCUT2D eigenvalue weighted by molar-refractivity contribution is -0.137. The minimum Gasteiger partial charge on any atom is -0.364 e. The van der Waals surface area contributed by atoms with E-state index in [1.807, 2.05) is 6.07 Å². The number of rotatable bonds is 3. The van der Waals surface area contributed by atoms with E-state index >= 15 is 0 Å². The number of hydrogen-bond donors (Lipinski definition) is 1. The smallest absolute Gasteiger partial charge is 0.364 e. The zero-order valence-electron chi connectivity index (χ0n) is 11.1. The topological polar surface area (TPSA) is 48.7 Å². The summed E-state index contributed by atoms with van der Waals surface area (Å²) in [6, 6.07) is 9.96. The van der Waals surface area contributed by atoms with Gasteiger partial charge < -0.3 is 5.32 Å². The van der Waals surface area contributed by atoms with Crippen LogP contribution in [0.2, 0.25) is 0 Å². The highest BCUT2D eigenvalue weighted by Gasteiger charge is 2.30. The van der Waals surface area contributed by atoms with Crippen molar-refractivity contribution in [1.29, 1.82) is 5.26 Å². The summed E-state index contributed by atoms with van der Waals surface area (Å²) in [5.41, 5.74) is 0.254. The van der Waals surface area contributed by atoms with Crippen LogP contribution in [0.4, 0.5) is 19.0 Å². The fourth-order valence-electron chi connectivity index (χ4n) is 1.83. The number of aromatic nitrogens is 1. The molecule has 0 aliphatic rings. The number of alkyl halides is 3. The first-order valence-corrected chi connectivity index (χ1v) is 6.20. The fourth-order valence-corrected chi connectivity index (χ4v) is 1.83. The third kappa shape index (κ3) is 3.72. The number of halogens is 3. The van der Waals surface area contributed by atoms with E-state index in [9.17, 15) is 13.2 Å². The molecule has 1 aromatic heterocycles. The Balaban J connectivity index is 2.16. The minimum atomic E-state index is -4.36. The van der Waals surface area contributed by atoms with Gasteiger partial charge in [-0.2, -0.15) is 18.4 Å². The van der Waals surface area contributed by atoms with E-state index in [0.717, 1.165) is 12.1 Å². The molecule has 0 saturated heterocycles. The van der Waals surface area contributed by atoms with Crippen molar-refractivity contribution in [2.45, 2.75) is 19.1 Å². The predicted molar refractivity (Wildman–Crippen MR) is 72.4 cm³/mol. The van der Waals surface area contributed by atoms with E-state index in [2.05, 4.69) is 10.3 Å². The monoisotopic (exact) mass is 291 g/mol. The van der Waals surface area contributed by atoms with E-state index in [1.54, 1.807) is 25.1 Å². The number of benzene rings is 1. The van der Waals surface area contributed by atoms with Gasteiger partial charge in [0.05, 0.1) is 11.1 Å². The van der Waals surface area contributed by atoms with Gasteiger partial charge in [-0.15, -0.1) is 0 Å². The van der Waals surface area contributed by atoms with Gasteiger partial charge in [0.15, 0.2) is 0 Å². The fraction of sp³-hybridized carbons (Fsp3) is 0.200. The van der Waals surface area contributed by atoms with Crippen molar-refractivity contribution >= 4 is 5.82 Å². The molecule has 108 valence electrons. The van der Waals surface area contributed by atoms with Crippen molar-refractivity contribution in [3.05, 3.63) is 59.3 Å². The molecule has 1 N–H and O–H groups in total. The lowest BCUT2D eigenvalue weighted by Gasteiger charge is -2.16. The van der Waals surface area contributed by atoms with Crippen LogP contribution in [0.15, 0.2) is 42.6 Å². The molecule has 0 radical (unpaired) electrons. The van der Waals surface area contributed by atoms with Gasteiger partial charge in [-0.05, 0) is 36.8 Å². The predicted octanol–water partition coefficient (Wildman–Crippen LogP) is 4.15. The van der Waals surface area contributed by atoms with Gasteiger partial charge >= 0.3 is 6.18 Å². The van der Waals surface area contributed by atoms with Crippen molar-refractivity contribution < 1.29 is 13.2 Å². The largest absolute Gasteiger partial charge is 0.416 e. The third-order valence-corrected chi connectivity index (χ3v) is 2.97. The molecule has 0 aliphatic carbocycles. The van der Waals surface area contributed by atoms with Crippen LogP contribution < -0.4 is 5.32 Å². The molecular formula is C15H12F3N3. The van der Waals surface area contributed by atoms with Crippen LogP contribution in [0, 0.1) is 11.3 Å². The van der Waals surface area contributed by atoms with Crippen LogP contribution in [0.25, 0.3) is 0 Å². The van der Waals surface area contributed by atoms with E-state index < -0.39 is 11.7 Å². The molecule has 1 aromatic carbocycles. The highest BCUT2D eigenvalue weighted by molar-refractivity contribution is 5.42. The first-order chi connectivity index (χ1) is 9.90. The SMILES string of the molecule is C[C@@H](Nc1ccc(C#N)cn1)c1cccc(C(F)(F)F)c1. The summed E-state index contributed by atoms with van der Waals surface area (Å²) >= 11 is 0. The van der Waals surface area contributed by atoms with Gasteiger partial charge in [0.1, 0.15) is 11.9 Å². The molecule has 0 unspecified atom stereocenters. The first kappa shape index (κ1) is 14.9. The summed E-state index contributed by atoms with van der Waals surface area (Å²) in [5, 5.41) is 11.7. The van der Waals surface area contributed by atoms with Crippen LogP contribution in [-0.2, 0) is 6.18 Å². The zero-order chi connectivity index (χ0) is 15.5. The molecular weight excluding hydrogens is 279 g/mol. The Labute approximate surface area is 120 Å².